The van der Waals surface area contributed by atoms with E-state index in [1.54, 1.807) is 0 Å². The zero-order valence-corrected chi connectivity index (χ0v) is 19.5. The van der Waals surface area contributed by atoms with E-state index in [9.17, 15) is 0 Å². The van der Waals surface area contributed by atoms with Crippen LogP contribution in [0, 0.1) is 0 Å². The van der Waals surface area contributed by atoms with E-state index >= 15 is 0 Å². The second kappa shape index (κ2) is 8.40. The van der Waals surface area contributed by atoms with Gasteiger partial charge in [0.1, 0.15) is 11.4 Å². The average molecular weight is 463 g/mol. The topological polar surface area (TPSA) is 31.0 Å². The zero-order valence-electron chi connectivity index (χ0n) is 19.5. The molecule has 0 fully saturated rings. The van der Waals surface area contributed by atoms with Crippen LogP contribution < -0.4 is 0 Å². The summed E-state index contributed by atoms with van der Waals surface area (Å²) in [7, 11) is 0. The van der Waals surface area contributed by atoms with Crippen LogP contribution in [-0.2, 0) is 0 Å². The summed E-state index contributed by atoms with van der Waals surface area (Å²) in [4.78, 5) is 4.83. The molecule has 0 unspecified atom stereocenters. The van der Waals surface area contributed by atoms with Gasteiger partial charge >= 0.3 is 0 Å². The van der Waals surface area contributed by atoms with Crippen molar-refractivity contribution < 1.29 is 4.42 Å². The molecule has 0 amide bonds. The summed E-state index contributed by atoms with van der Waals surface area (Å²) < 4.78 is 8.48. The Hall–Kier alpha value is -4.89. The maximum absolute atomic E-state index is 6.34. The molecule has 170 valence electrons. The molecule has 0 N–H and O–H groups in total. The molecule has 0 aliphatic heterocycles. The van der Waals surface area contributed by atoms with Crippen LogP contribution in [-0.4, -0.2) is 9.55 Å². The number of furan rings is 1. The SMILES string of the molecule is c1ccc(-c2ccc(-c3nccn3-c3cccc4c3oc3ccccc34)c(-c3ccccc3)c2)cc1. The summed E-state index contributed by atoms with van der Waals surface area (Å²) in [6.45, 7) is 0. The number of rotatable bonds is 4. The van der Waals surface area contributed by atoms with Gasteiger partial charge < -0.3 is 4.42 Å². The summed E-state index contributed by atoms with van der Waals surface area (Å²) in [6.07, 6.45) is 3.87. The third-order valence-corrected chi connectivity index (χ3v) is 6.74. The Kier molecular flexibility index (Phi) is 4.78. The first kappa shape index (κ1) is 20.5. The lowest BCUT2D eigenvalue weighted by Crippen LogP contribution is -1.98. The lowest BCUT2D eigenvalue weighted by atomic mass is 9.94. The van der Waals surface area contributed by atoms with E-state index in [4.69, 9.17) is 9.40 Å². The van der Waals surface area contributed by atoms with E-state index in [0.29, 0.717) is 0 Å². The number of fused-ring (bicyclic) bond motifs is 3. The molecule has 0 bridgehead atoms. The Balaban J connectivity index is 1.45. The smallest absolute Gasteiger partial charge is 0.159 e. The molecular formula is C33H22N2O. The van der Waals surface area contributed by atoms with Crippen molar-refractivity contribution in [1.82, 2.24) is 9.55 Å². The summed E-state index contributed by atoms with van der Waals surface area (Å²) in [5.41, 5.74) is 8.45. The van der Waals surface area contributed by atoms with E-state index in [2.05, 4.69) is 95.6 Å². The van der Waals surface area contributed by atoms with Gasteiger partial charge in [-0.25, -0.2) is 4.98 Å². The number of nitrogens with zero attached hydrogens (tertiary/aromatic N) is 2. The zero-order chi connectivity index (χ0) is 23.9. The van der Waals surface area contributed by atoms with Gasteiger partial charge in [-0.3, -0.25) is 4.57 Å². The Labute approximate surface area is 208 Å². The fourth-order valence-electron chi connectivity index (χ4n) is 5.03. The maximum atomic E-state index is 6.34. The normalized spacial score (nSPS) is 11.3. The minimum atomic E-state index is 0.861. The van der Waals surface area contributed by atoms with Crippen LogP contribution in [0.2, 0.25) is 0 Å². The van der Waals surface area contributed by atoms with Crippen LogP contribution in [0.4, 0.5) is 0 Å². The van der Waals surface area contributed by atoms with Gasteiger partial charge in [0.2, 0.25) is 0 Å². The Bertz CT molecular complexity index is 1830. The minimum absolute atomic E-state index is 0.861. The van der Waals surface area contributed by atoms with Crippen molar-refractivity contribution in [3.05, 3.63) is 134 Å². The van der Waals surface area contributed by atoms with Crippen molar-refractivity contribution in [2.24, 2.45) is 0 Å². The number of benzene rings is 5. The maximum Gasteiger partial charge on any atom is 0.159 e. The molecule has 0 spiro atoms. The Morgan fingerprint density at radius 1 is 0.556 bits per heavy atom. The van der Waals surface area contributed by atoms with Crippen LogP contribution in [0.3, 0.4) is 0 Å². The highest BCUT2D eigenvalue weighted by atomic mass is 16.3. The highest BCUT2D eigenvalue weighted by Crippen LogP contribution is 2.38. The van der Waals surface area contributed by atoms with Crippen molar-refractivity contribution in [2.75, 3.05) is 0 Å². The summed E-state index contributed by atoms with van der Waals surface area (Å²) in [6, 6.07) is 42.1. The highest BCUT2D eigenvalue weighted by Gasteiger charge is 2.18. The second-order valence-corrected chi connectivity index (χ2v) is 8.87. The molecular weight excluding hydrogens is 440 g/mol. The molecule has 0 aliphatic rings. The molecule has 0 saturated heterocycles. The van der Waals surface area contributed by atoms with E-state index in [1.165, 1.54) is 11.1 Å². The number of para-hydroxylation sites is 2. The largest absolute Gasteiger partial charge is 0.454 e. The number of imidazole rings is 1. The standard InChI is InChI=1S/C33H22N2O/c1-3-10-23(11-4-1)25-18-19-28(29(22-25)24-12-5-2-6-13-24)33-34-20-21-35(33)30-16-9-15-27-26-14-7-8-17-31(26)36-32(27)30/h1-22H. The summed E-state index contributed by atoms with van der Waals surface area (Å²) in [5.74, 6) is 0.876. The quantitative estimate of drug-likeness (QED) is 0.262. The summed E-state index contributed by atoms with van der Waals surface area (Å²) in [5, 5.41) is 2.22. The molecule has 0 radical (unpaired) electrons. The predicted molar refractivity (Wildman–Crippen MR) is 147 cm³/mol. The Morgan fingerprint density at radius 2 is 1.28 bits per heavy atom. The number of aromatic nitrogens is 2. The van der Waals surface area contributed by atoms with E-state index in [-0.39, 0.29) is 0 Å². The first-order valence-electron chi connectivity index (χ1n) is 12.1. The van der Waals surface area contributed by atoms with Crippen molar-refractivity contribution in [3.8, 4) is 39.3 Å². The van der Waals surface area contributed by atoms with Crippen molar-refractivity contribution in [3.63, 3.8) is 0 Å². The van der Waals surface area contributed by atoms with Crippen molar-refractivity contribution in [1.29, 1.82) is 0 Å². The lowest BCUT2D eigenvalue weighted by Gasteiger charge is -2.15. The lowest BCUT2D eigenvalue weighted by molar-refractivity contribution is 0.665. The van der Waals surface area contributed by atoms with Gasteiger partial charge in [0.25, 0.3) is 0 Å². The minimum Gasteiger partial charge on any atom is -0.454 e. The molecule has 5 aromatic carbocycles. The molecule has 0 atom stereocenters. The van der Waals surface area contributed by atoms with E-state index in [0.717, 1.165) is 50.1 Å². The van der Waals surface area contributed by atoms with Gasteiger partial charge in [-0.05, 0) is 46.5 Å². The fraction of sp³-hybridized carbons (Fsp3) is 0. The van der Waals surface area contributed by atoms with Gasteiger partial charge in [0.15, 0.2) is 5.58 Å². The first-order valence-corrected chi connectivity index (χ1v) is 12.1. The monoisotopic (exact) mass is 462 g/mol. The van der Waals surface area contributed by atoms with Crippen LogP contribution in [0.5, 0.6) is 0 Å². The van der Waals surface area contributed by atoms with E-state index in [1.807, 2.05) is 42.7 Å². The molecule has 7 rings (SSSR count). The average Bonchev–Trinajstić information content (AvgIpc) is 3.59. The Morgan fingerprint density at radius 3 is 2.11 bits per heavy atom. The molecule has 2 aromatic heterocycles. The van der Waals surface area contributed by atoms with Gasteiger partial charge in [0.05, 0.1) is 5.69 Å². The van der Waals surface area contributed by atoms with Crippen LogP contribution in [0.15, 0.2) is 138 Å². The van der Waals surface area contributed by atoms with E-state index < -0.39 is 0 Å². The number of hydrogen-bond acceptors (Lipinski definition) is 2. The van der Waals surface area contributed by atoms with Crippen LogP contribution in [0.25, 0.3) is 61.3 Å². The third kappa shape index (κ3) is 3.33. The third-order valence-electron chi connectivity index (χ3n) is 6.74. The van der Waals surface area contributed by atoms with Gasteiger partial charge in [0, 0.05) is 28.7 Å². The van der Waals surface area contributed by atoms with Crippen molar-refractivity contribution in [2.45, 2.75) is 0 Å². The predicted octanol–water partition coefficient (Wildman–Crippen LogP) is 8.77. The molecule has 3 heteroatoms. The molecule has 7 aromatic rings. The molecule has 36 heavy (non-hydrogen) atoms. The molecule has 0 aliphatic carbocycles. The number of hydrogen-bond donors (Lipinski definition) is 0. The van der Waals surface area contributed by atoms with Gasteiger partial charge in [-0.2, -0.15) is 0 Å². The fourth-order valence-corrected chi connectivity index (χ4v) is 5.03. The van der Waals surface area contributed by atoms with Crippen LogP contribution in [0.1, 0.15) is 0 Å². The molecule has 2 heterocycles. The van der Waals surface area contributed by atoms with Gasteiger partial charge in [-0.15, -0.1) is 0 Å². The van der Waals surface area contributed by atoms with Crippen molar-refractivity contribution >= 4 is 21.9 Å². The van der Waals surface area contributed by atoms with Crippen LogP contribution >= 0.6 is 0 Å². The molecule has 0 saturated carbocycles. The molecule has 3 nitrogen and oxygen atoms in total. The second-order valence-electron chi connectivity index (χ2n) is 8.87. The first-order chi connectivity index (χ1) is 17.9. The van der Waals surface area contributed by atoms with Gasteiger partial charge in [-0.1, -0.05) is 97.1 Å². The summed E-state index contributed by atoms with van der Waals surface area (Å²) >= 11 is 0. The highest BCUT2D eigenvalue weighted by molar-refractivity contribution is 6.07.